The van der Waals surface area contributed by atoms with Crippen molar-refractivity contribution in [1.29, 1.82) is 0 Å². The van der Waals surface area contributed by atoms with Crippen molar-refractivity contribution in [2.45, 2.75) is 63.5 Å². The van der Waals surface area contributed by atoms with Crippen LogP contribution in [0.2, 0.25) is 10.0 Å². The average Bonchev–Trinajstić information content (AvgIpc) is 3.59. The predicted molar refractivity (Wildman–Crippen MR) is 154 cm³/mol. The van der Waals surface area contributed by atoms with E-state index in [0.29, 0.717) is 35.7 Å². The second-order valence-electron chi connectivity index (χ2n) is 11.2. The number of rotatable bonds is 12. The summed E-state index contributed by atoms with van der Waals surface area (Å²) >= 11 is 12.4. The molecule has 2 aromatic carbocycles. The molecule has 1 saturated carbocycles. The zero-order valence-corrected chi connectivity index (χ0v) is 24.2. The third kappa shape index (κ3) is 7.55. The molecular weight excluding hydrogens is 553 g/mol. The lowest BCUT2D eigenvalue weighted by Crippen LogP contribution is -2.55. The van der Waals surface area contributed by atoms with Crippen LogP contribution in [-0.2, 0) is 19.8 Å². The van der Waals surface area contributed by atoms with E-state index in [9.17, 15) is 19.2 Å². The highest BCUT2D eigenvalue weighted by molar-refractivity contribution is 6.31. The molecule has 1 aliphatic carbocycles. The summed E-state index contributed by atoms with van der Waals surface area (Å²) in [5.74, 6) is -0.621. The molecule has 8 nitrogen and oxygen atoms in total. The molecule has 40 heavy (non-hydrogen) atoms. The molecule has 0 radical (unpaired) electrons. The number of nitrogens with one attached hydrogen (secondary N) is 2. The van der Waals surface area contributed by atoms with E-state index in [1.54, 1.807) is 24.3 Å². The van der Waals surface area contributed by atoms with Crippen molar-refractivity contribution in [3.05, 3.63) is 64.1 Å². The number of hydrogen-bond donors (Lipinski definition) is 2. The van der Waals surface area contributed by atoms with Crippen molar-refractivity contribution >= 4 is 47.4 Å². The van der Waals surface area contributed by atoms with Crippen LogP contribution in [0.4, 0.5) is 4.79 Å². The maximum atomic E-state index is 13.8. The first kappa shape index (κ1) is 29.9. The van der Waals surface area contributed by atoms with Crippen LogP contribution in [0.15, 0.2) is 48.5 Å². The lowest BCUT2D eigenvalue weighted by molar-refractivity contribution is -0.130. The fourth-order valence-corrected chi connectivity index (χ4v) is 5.62. The Morgan fingerprint density at radius 3 is 2.42 bits per heavy atom. The maximum Gasteiger partial charge on any atom is 0.415 e. The van der Waals surface area contributed by atoms with Gasteiger partial charge in [-0.3, -0.25) is 14.5 Å². The SMILES string of the molecule is CC(C)CC(C(=O)NC(C=O)CC1CCNC1=O)N(CC1(c2cccc(Cl)c2)CC1)C(=O)Oc1cccc(Cl)c1. The summed E-state index contributed by atoms with van der Waals surface area (Å²) < 4.78 is 5.73. The Morgan fingerprint density at radius 2 is 1.85 bits per heavy atom. The number of hydrogen-bond acceptors (Lipinski definition) is 5. The predicted octanol–water partition coefficient (Wildman–Crippen LogP) is 5.15. The van der Waals surface area contributed by atoms with Crippen LogP contribution in [-0.4, -0.2) is 54.3 Å². The monoisotopic (exact) mass is 587 g/mol. The van der Waals surface area contributed by atoms with Crippen molar-refractivity contribution in [3.63, 3.8) is 0 Å². The lowest BCUT2D eigenvalue weighted by atomic mass is 9.93. The molecule has 0 bridgehead atoms. The molecule has 1 heterocycles. The number of ether oxygens (including phenoxy) is 1. The van der Waals surface area contributed by atoms with E-state index in [2.05, 4.69) is 10.6 Å². The molecule has 4 rings (SSSR count). The summed E-state index contributed by atoms with van der Waals surface area (Å²) in [4.78, 5) is 53.0. The fourth-order valence-electron chi connectivity index (χ4n) is 5.25. The van der Waals surface area contributed by atoms with Crippen molar-refractivity contribution in [2.24, 2.45) is 11.8 Å². The first-order valence-corrected chi connectivity index (χ1v) is 14.4. The zero-order valence-electron chi connectivity index (χ0n) is 22.7. The standard InChI is InChI=1S/C30H35Cl2N3O5/c1-19(2)13-26(28(38)34-24(17-36)14-20-9-12-33-27(20)37)35(29(39)40-25-8-4-7-23(32)16-25)18-30(10-11-30)21-5-3-6-22(31)15-21/h3-8,15-17,19-20,24,26H,9-14,18H2,1-2H3,(H,33,37)(H,34,38). The quantitative estimate of drug-likeness (QED) is 0.334. The Hall–Kier alpha value is -3.10. The third-order valence-corrected chi connectivity index (χ3v) is 8.04. The van der Waals surface area contributed by atoms with Crippen LogP contribution in [0.3, 0.4) is 0 Å². The van der Waals surface area contributed by atoms with Gasteiger partial charge in [-0.15, -0.1) is 0 Å². The van der Waals surface area contributed by atoms with Gasteiger partial charge in [0.25, 0.3) is 0 Å². The number of aldehydes is 1. The summed E-state index contributed by atoms with van der Waals surface area (Å²) in [6, 6.07) is 12.3. The van der Waals surface area contributed by atoms with Crippen LogP contribution < -0.4 is 15.4 Å². The highest BCUT2D eigenvalue weighted by Gasteiger charge is 2.49. The maximum absolute atomic E-state index is 13.8. The van der Waals surface area contributed by atoms with Gasteiger partial charge in [0.2, 0.25) is 11.8 Å². The Kier molecular flexibility index (Phi) is 9.74. The van der Waals surface area contributed by atoms with E-state index in [4.69, 9.17) is 27.9 Å². The van der Waals surface area contributed by atoms with Gasteiger partial charge in [-0.05, 0) is 73.9 Å². The molecule has 3 amide bonds. The van der Waals surface area contributed by atoms with Crippen LogP contribution in [0.5, 0.6) is 5.75 Å². The van der Waals surface area contributed by atoms with Crippen LogP contribution >= 0.6 is 23.2 Å². The molecule has 2 N–H and O–H groups in total. The molecular formula is C30H35Cl2N3O5. The smallest absolute Gasteiger partial charge is 0.410 e. The normalized spacial score (nSPS) is 18.9. The van der Waals surface area contributed by atoms with E-state index >= 15 is 0 Å². The molecule has 1 aliphatic heterocycles. The van der Waals surface area contributed by atoms with E-state index in [1.165, 1.54) is 11.0 Å². The number of benzene rings is 2. The molecule has 0 spiro atoms. The van der Waals surface area contributed by atoms with Gasteiger partial charge in [0.1, 0.15) is 18.1 Å². The summed E-state index contributed by atoms with van der Waals surface area (Å²) in [6.07, 6.45) is 2.75. The van der Waals surface area contributed by atoms with Crippen molar-refractivity contribution < 1.29 is 23.9 Å². The Morgan fingerprint density at radius 1 is 1.15 bits per heavy atom. The second-order valence-corrected chi connectivity index (χ2v) is 12.0. The van der Waals surface area contributed by atoms with Crippen LogP contribution in [0.25, 0.3) is 0 Å². The first-order valence-electron chi connectivity index (χ1n) is 13.6. The van der Waals surface area contributed by atoms with Crippen LogP contribution in [0.1, 0.15) is 51.5 Å². The van der Waals surface area contributed by atoms with Gasteiger partial charge in [-0.25, -0.2) is 4.79 Å². The van der Waals surface area contributed by atoms with Gasteiger partial charge in [0.05, 0.1) is 6.04 Å². The van der Waals surface area contributed by atoms with Gasteiger partial charge in [0, 0.05) is 34.5 Å². The highest BCUT2D eigenvalue weighted by Crippen LogP contribution is 2.49. The molecule has 1 saturated heterocycles. The minimum atomic E-state index is -0.914. The third-order valence-electron chi connectivity index (χ3n) is 7.57. The minimum Gasteiger partial charge on any atom is -0.410 e. The summed E-state index contributed by atoms with van der Waals surface area (Å²) in [5, 5.41) is 6.57. The largest absolute Gasteiger partial charge is 0.415 e. The number of nitrogens with zero attached hydrogens (tertiary/aromatic N) is 1. The topological polar surface area (TPSA) is 105 Å². The highest BCUT2D eigenvalue weighted by atomic mass is 35.5. The average molecular weight is 589 g/mol. The van der Waals surface area contributed by atoms with Gasteiger partial charge in [-0.2, -0.15) is 0 Å². The molecule has 10 heteroatoms. The zero-order chi connectivity index (χ0) is 28.9. The van der Waals surface area contributed by atoms with Crippen molar-refractivity contribution in [3.8, 4) is 5.75 Å². The number of amides is 3. The number of carbonyl (C=O) groups excluding carboxylic acids is 4. The molecule has 214 valence electrons. The molecule has 2 aromatic rings. The Labute approximate surface area is 244 Å². The molecule has 3 unspecified atom stereocenters. The Bertz CT molecular complexity index is 1250. The second kappa shape index (κ2) is 13.0. The lowest BCUT2D eigenvalue weighted by Gasteiger charge is -2.35. The number of carbonyl (C=O) groups is 4. The van der Waals surface area contributed by atoms with Crippen molar-refractivity contribution in [1.82, 2.24) is 15.5 Å². The van der Waals surface area contributed by atoms with Gasteiger partial charge < -0.3 is 20.2 Å². The van der Waals surface area contributed by atoms with Gasteiger partial charge in [-0.1, -0.05) is 55.2 Å². The summed E-state index contributed by atoms with van der Waals surface area (Å²) in [5.41, 5.74) is 0.613. The van der Waals surface area contributed by atoms with Crippen LogP contribution in [0, 0.1) is 11.8 Å². The minimum absolute atomic E-state index is 0.0498. The van der Waals surface area contributed by atoms with E-state index in [-0.39, 0.29) is 41.9 Å². The van der Waals surface area contributed by atoms with E-state index in [0.717, 1.165) is 18.4 Å². The molecule has 2 fully saturated rings. The molecule has 3 atom stereocenters. The van der Waals surface area contributed by atoms with Gasteiger partial charge in [0.15, 0.2) is 0 Å². The van der Waals surface area contributed by atoms with E-state index < -0.39 is 24.1 Å². The number of halogens is 2. The fraction of sp³-hybridized carbons (Fsp3) is 0.467. The Balaban J connectivity index is 1.62. The summed E-state index contributed by atoms with van der Waals surface area (Å²) in [6.45, 7) is 4.71. The molecule has 0 aromatic heterocycles. The van der Waals surface area contributed by atoms with Gasteiger partial charge >= 0.3 is 6.09 Å². The van der Waals surface area contributed by atoms with Crippen molar-refractivity contribution in [2.75, 3.05) is 13.1 Å². The summed E-state index contributed by atoms with van der Waals surface area (Å²) in [7, 11) is 0. The van der Waals surface area contributed by atoms with E-state index in [1.807, 2.05) is 32.0 Å². The molecule has 2 aliphatic rings. The first-order chi connectivity index (χ1) is 19.1.